The highest BCUT2D eigenvalue weighted by Gasteiger charge is 2.12. The molecule has 0 heterocycles. The van der Waals surface area contributed by atoms with Crippen LogP contribution < -0.4 is 5.32 Å². The van der Waals surface area contributed by atoms with E-state index in [2.05, 4.69) is 18.3 Å². The molecule has 0 bridgehead atoms. The van der Waals surface area contributed by atoms with Crippen LogP contribution >= 0.6 is 0 Å². The number of carbonyl (C=O) groups is 1. The van der Waals surface area contributed by atoms with Crippen LogP contribution in [0, 0.1) is 11.3 Å². The fraction of sp³-hybridized carbons (Fsp3) is 0.500. The Hall–Kier alpha value is -1.86. The smallest absolute Gasteiger partial charge is 0.224 e. The topological polar surface area (TPSA) is 56.1 Å². The van der Waals surface area contributed by atoms with E-state index in [1.807, 2.05) is 24.0 Å². The highest BCUT2D eigenvalue weighted by atomic mass is 16.2. The molecule has 0 spiro atoms. The maximum absolute atomic E-state index is 12.2. The molecule has 1 rings (SSSR count). The minimum atomic E-state index is 0.178. The van der Waals surface area contributed by atoms with Crippen LogP contribution in [-0.4, -0.2) is 30.4 Å². The van der Waals surface area contributed by atoms with Crippen LogP contribution in [0.15, 0.2) is 24.3 Å². The Morgan fingerprint density at radius 2 is 2.00 bits per heavy atom. The molecule has 1 N–H and O–H groups in total. The number of rotatable bonds is 8. The van der Waals surface area contributed by atoms with Crippen molar-refractivity contribution in [3.05, 3.63) is 35.4 Å². The maximum atomic E-state index is 12.2. The fourth-order valence-electron chi connectivity index (χ4n) is 2.00. The lowest BCUT2D eigenvalue weighted by atomic mass is 10.1. The van der Waals surface area contributed by atoms with Gasteiger partial charge in [-0.25, -0.2) is 0 Å². The first-order valence-corrected chi connectivity index (χ1v) is 7.18. The number of hydrogen-bond donors (Lipinski definition) is 1. The van der Waals surface area contributed by atoms with Gasteiger partial charge in [0.05, 0.1) is 11.6 Å². The molecule has 0 atom stereocenters. The number of nitriles is 1. The standard InChI is InChI=1S/C16H23N3O/c1-3-11-19(16(20)9-10-18-4-2)13-15-7-5-14(12-17)6-8-15/h5-8,18H,3-4,9-11,13H2,1-2H3. The molecule has 0 radical (unpaired) electrons. The summed E-state index contributed by atoms with van der Waals surface area (Å²) in [6.07, 6.45) is 1.48. The average molecular weight is 273 g/mol. The molecule has 1 amide bonds. The normalized spacial score (nSPS) is 10.1. The van der Waals surface area contributed by atoms with Gasteiger partial charge in [0.1, 0.15) is 0 Å². The van der Waals surface area contributed by atoms with Gasteiger partial charge in [0.2, 0.25) is 5.91 Å². The van der Waals surface area contributed by atoms with Crippen molar-refractivity contribution in [3.8, 4) is 6.07 Å². The van der Waals surface area contributed by atoms with E-state index in [0.29, 0.717) is 18.5 Å². The van der Waals surface area contributed by atoms with E-state index in [-0.39, 0.29) is 5.91 Å². The van der Waals surface area contributed by atoms with Crippen molar-refractivity contribution in [1.29, 1.82) is 5.26 Å². The molecular weight excluding hydrogens is 250 g/mol. The van der Waals surface area contributed by atoms with E-state index in [1.165, 1.54) is 0 Å². The molecular formula is C16H23N3O. The Morgan fingerprint density at radius 3 is 2.55 bits per heavy atom. The summed E-state index contributed by atoms with van der Waals surface area (Å²) in [7, 11) is 0. The van der Waals surface area contributed by atoms with Crippen LogP contribution in [0.3, 0.4) is 0 Å². The van der Waals surface area contributed by atoms with Crippen molar-refractivity contribution in [2.75, 3.05) is 19.6 Å². The average Bonchev–Trinajstić information content (AvgIpc) is 2.47. The van der Waals surface area contributed by atoms with Gasteiger partial charge in [-0.3, -0.25) is 4.79 Å². The van der Waals surface area contributed by atoms with E-state index in [4.69, 9.17) is 5.26 Å². The van der Waals surface area contributed by atoms with Crippen LogP contribution in [0.25, 0.3) is 0 Å². The van der Waals surface area contributed by atoms with E-state index in [1.54, 1.807) is 12.1 Å². The Morgan fingerprint density at radius 1 is 1.30 bits per heavy atom. The minimum absolute atomic E-state index is 0.178. The lowest BCUT2D eigenvalue weighted by Gasteiger charge is -2.22. The van der Waals surface area contributed by atoms with Gasteiger partial charge >= 0.3 is 0 Å². The fourth-order valence-corrected chi connectivity index (χ4v) is 2.00. The monoisotopic (exact) mass is 273 g/mol. The second-order valence-electron chi connectivity index (χ2n) is 4.73. The summed E-state index contributed by atoms with van der Waals surface area (Å²) in [6, 6.07) is 9.52. The molecule has 0 aliphatic carbocycles. The zero-order chi connectivity index (χ0) is 14.8. The lowest BCUT2D eigenvalue weighted by Crippen LogP contribution is -2.33. The van der Waals surface area contributed by atoms with E-state index >= 15 is 0 Å². The Balaban J connectivity index is 2.60. The summed E-state index contributed by atoms with van der Waals surface area (Å²) >= 11 is 0. The van der Waals surface area contributed by atoms with Crippen LogP contribution in [0.5, 0.6) is 0 Å². The third-order valence-electron chi connectivity index (χ3n) is 3.07. The summed E-state index contributed by atoms with van der Waals surface area (Å²) in [5, 5.41) is 12.0. The second-order valence-corrected chi connectivity index (χ2v) is 4.73. The predicted octanol–water partition coefficient (Wildman–Crippen LogP) is 2.30. The molecule has 0 fully saturated rings. The van der Waals surface area contributed by atoms with E-state index < -0.39 is 0 Å². The molecule has 0 aliphatic heterocycles. The molecule has 4 heteroatoms. The van der Waals surface area contributed by atoms with E-state index in [0.717, 1.165) is 31.6 Å². The van der Waals surface area contributed by atoms with Gasteiger partial charge in [0.25, 0.3) is 0 Å². The second kappa shape index (κ2) is 9.11. The predicted molar refractivity (Wildman–Crippen MR) is 80.0 cm³/mol. The lowest BCUT2D eigenvalue weighted by molar-refractivity contribution is -0.131. The summed E-state index contributed by atoms with van der Waals surface area (Å²) in [4.78, 5) is 14.1. The van der Waals surface area contributed by atoms with Crippen molar-refractivity contribution in [2.24, 2.45) is 0 Å². The van der Waals surface area contributed by atoms with Crippen molar-refractivity contribution in [3.63, 3.8) is 0 Å². The van der Waals surface area contributed by atoms with Gasteiger partial charge in [-0.2, -0.15) is 5.26 Å². The maximum Gasteiger partial charge on any atom is 0.224 e. The molecule has 0 aromatic heterocycles. The van der Waals surface area contributed by atoms with Crippen LogP contribution in [0.1, 0.15) is 37.8 Å². The quantitative estimate of drug-likeness (QED) is 0.739. The molecule has 1 aromatic rings. The van der Waals surface area contributed by atoms with Crippen LogP contribution in [-0.2, 0) is 11.3 Å². The zero-order valence-electron chi connectivity index (χ0n) is 12.4. The number of amides is 1. The summed E-state index contributed by atoms with van der Waals surface area (Å²) in [6.45, 7) is 7.10. The Bertz CT molecular complexity index is 448. The zero-order valence-corrected chi connectivity index (χ0v) is 12.4. The van der Waals surface area contributed by atoms with Crippen LogP contribution in [0.4, 0.5) is 0 Å². The Kier molecular flexibility index (Phi) is 7.38. The number of carbonyl (C=O) groups excluding carboxylic acids is 1. The molecule has 0 saturated heterocycles. The molecule has 0 unspecified atom stereocenters. The molecule has 0 aliphatic rings. The third kappa shape index (κ3) is 5.41. The molecule has 108 valence electrons. The summed E-state index contributed by atoms with van der Waals surface area (Å²) in [5.41, 5.74) is 1.71. The van der Waals surface area contributed by atoms with Gasteiger partial charge in [0.15, 0.2) is 0 Å². The van der Waals surface area contributed by atoms with Gasteiger partial charge in [-0.05, 0) is 30.7 Å². The minimum Gasteiger partial charge on any atom is -0.338 e. The molecule has 1 aromatic carbocycles. The highest BCUT2D eigenvalue weighted by molar-refractivity contribution is 5.76. The van der Waals surface area contributed by atoms with Crippen molar-refractivity contribution >= 4 is 5.91 Å². The number of benzene rings is 1. The van der Waals surface area contributed by atoms with E-state index in [9.17, 15) is 4.79 Å². The van der Waals surface area contributed by atoms with Crippen molar-refractivity contribution in [2.45, 2.75) is 33.2 Å². The van der Waals surface area contributed by atoms with Gasteiger partial charge < -0.3 is 10.2 Å². The van der Waals surface area contributed by atoms with Crippen molar-refractivity contribution < 1.29 is 4.79 Å². The molecule has 0 saturated carbocycles. The first-order valence-electron chi connectivity index (χ1n) is 7.18. The number of nitrogens with zero attached hydrogens (tertiary/aromatic N) is 2. The highest BCUT2D eigenvalue weighted by Crippen LogP contribution is 2.09. The van der Waals surface area contributed by atoms with Gasteiger partial charge in [0, 0.05) is 26.1 Å². The largest absolute Gasteiger partial charge is 0.338 e. The molecule has 4 nitrogen and oxygen atoms in total. The Labute approximate surface area is 121 Å². The number of hydrogen-bond acceptors (Lipinski definition) is 3. The van der Waals surface area contributed by atoms with Gasteiger partial charge in [-0.1, -0.05) is 26.0 Å². The number of nitrogens with one attached hydrogen (secondary N) is 1. The first kappa shape index (κ1) is 16.2. The first-order chi connectivity index (χ1) is 9.71. The SMILES string of the molecule is CCCN(Cc1ccc(C#N)cc1)C(=O)CCNCC. The molecule has 20 heavy (non-hydrogen) atoms. The van der Waals surface area contributed by atoms with Gasteiger partial charge in [-0.15, -0.1) is 0 Å². The summed E-state index contributed by atoms with van der Waals surface area (Å²) in [5.74, 6) is 0.178. The van der Waals surface area contributed by atoms with Crippen LogP contribution in [0.2, 0.25) is 0 Å². The van der Waals surface area contributed by atoms with Crippen molar-refractivity contribution in [1.82, 2.24) is 10.2 Å². The summed E-state index contributed by atoms with van der Waals surface area (Å²) < 4.78 is 0. The third-order valence-corrected chi connectivity index (χ3v) is 3.07.